The van der Waals surface area contributed by atoms with E-state index in [4.69, 9.17) is 11.6 Å². The van der Waals surface area contributed by atoms with Gasteiger partial charge in [0, 0.05) is 30.0 Å². The summed E-state index contributed by atoms with van der Waals surface area (Å²) in [5, 5.41) is 6.13. The van der Waals surface area contributed by atoms with E-state index in [0.29, 0.717) is 16.1 Å². The van der Waals surface area contributed by atoms with E-state index >= 15 is 0 Å². The zero-order valence-electron chi connectivity index (χ0n) is 17.2. The topological polar surface area (TPSA) is 84.3 Å². The number of carbonyl (C=O) groups is 1. The molecule has 1 aliphatic heterocycles. The first kappa shape index (κ1) is 21.6. The van der Waals surface area contributed by atoms with Crippen LogP contribution in [-0.2, 0) is 14.8 Å². The molecule has 1 amide bonds. The SMILES string of the molecule is O=C1C(NS(=O)(=O)c2ccc3cc(Cl)ccc3c2)CCN1c1ccc(-n2cccn2)cc1F. The lowest BCUT2D eigenvalue weighted by atomic mass is 10.1. The third-order valence-corrected chi connectivity index (χ3v) is 7.28. The van der Waals surface area contributed by atoms with Gasteiger partial charge in [0.1, 0.15) is 11.9 Å². The second-order valence-corrected chi connectivity index (χ2v) is 9.84. The molecule has 5 rings (SSSR count). The second kappa shape index (κ2) is 8.26. The third-order valence-electron chi connectivity index (χ3n) is 5.58. The van der Waals surface area contributed by atoms with E-state index in [9.17, 15) is 17.6 Å². The number of fused-ring (bicyclic) bond motifs is 1. The van der Waals surface area contributed by atoms with Crippen molar-refractivity contribution in [1.29, 1.82) is 0 Å². The summed E-state index contributed by atoms with van der Waals surface area (Å²) < 4.78 is 44.6. The van der Waals surface area contributed by atoms with Gasteiger partial charge in [-0.2, -0.15) is 9.82 Å². The van der Waals surface area contributed by atoms with Crippen LogP contribution in [-0.4, -0.2) is 36.7 Å². The Hall–Kier alpha value is -3.27. The van der Waals surface area contributed by atoms with Gasteiger partial charge in [0.25, 0.3) is 0 Å². The predicted molar refractivity (Wildman–Crippen MR) is 124 cm³/mol. The van der Waals surface area contributed by atoms with Crippen molar-refractivity contribution in [3.63, 3.8) is 0 Å². The lowest BCUT2D eigenvalue weighted by molar-refractivity contribution is -0.118. The predicted octanol–water partition coefficient (Wildman–Crippen LogP) is 3.90. The van der Waals surface area contributed by atoms with Gasteiger partial charge >= 0.3 is 0 Å². The van der Waals surface area contributed by atoms with Gasteiger partial charge in [-0.15, -0.1) is 0 Å². The number of hydrogen-bond acceptors (Lipinski definition) is 4. The molecule has 0 radical (unpaired) electrons. The largest absolute Gasteiger partial charge is 0.308 e. The highest BCUT2D eigenvalue weighted by Gasteiger charge is 2.36. The van der Waals surface area contributed by atoms with Crippen LogP contribution < -0.4 is 9.62 Å². The van der Waals surface area contributed by atoms with E-state index in [1.807, 2.05) is 0 Å². The molecule has 0 aliphatic carbocycles. The fraction of sp³-hybridized carbons (Fsp3) is 0.130. The van der Waals surface area contributed by atoms with Crippen LogP contribution in [0.25, 0.3) is 16.5 Å². The van der Waals surface area contributed by atoms with E-state index in [1.54, 1.807) is 48.8 Å². The molecule has 10 heteroatoms. The number of nitrogens with zero attached hydrogens (tertiary/aromatic N) is 3. The quantitative estimate of drug-likeness (QED) is 0.465. The van der Waals surface area contributed by atoms with Gasteiger partial charge in [-0.05, 0) is 59.7 Å². The Bertz CT molecular complexity index is 1470. The molecule has 3 aromatic carbocycles. The number of nitrogens with one attached hydrogen (secondary N) is 1. The van der Waals surface area contributed by atoms with Gasteiger partial charge in [-0.25, -0.2) is 17.5 Å². The molecule has 0 bridgehead atoms. The first-order chi connectivity index (χ1) is 15.8. The number of benzene rings is 3. The highest BCUT2D eigenvalue weighted by molar-refractivity contribution is 7.89. The maximum Gasteiger partial charge on any atom is 0.245 e. The summed E-state index contributed by atoms with van der Waals surface area (Å²) >= 11 is 5.98. The van der Waals surface area contributed by atoms with Crippen molar-refractivity contribution in [3.8, 4) is 5.69 Å². The lowest BCUT2D eigenvalue weighted by Gasteiger charge is -2.18. The van der Waals surface area contributed by atoms with Crippen molar-refractivity contribution >= 4 is 44.0 Å². The molecule has 7 nitrogen and oxygen atoms in total. The normalized spacial score (nSPS) is 16.6. The van der Waals surface area contributed by atoms with Crippen molar-refractivity contribution < 1.29 is 17.6 Å². The number of rotatable bonds is 5. The maximum absolute atomic E-state index is 14.8. The minimum atomic E-state index is -3.97. The molecular weight excluding hydrogens is 467 g/mol. The summed E-state index contributed by atoms with van der Waals surface area (Å²) in [6.07, 6.45) is 3.49. The molecule has 1 N–H and O–H groups in total. The maximum atomic E-state index is 14.8. The number of anilines is 1. The van der Waals surface area contributed by atoms with Crippen molar-refractivity contribution in [3.05, 3.63) is 83.9 Å². The van der Waals surface area contributed by atoms with Crippen LogP contribution in [0.4, 0.5) is 10.1 Å². The lowest BCUT2D eigenvalue weighted by Crippen LogP contribution is -2.41. The van der Waals surface area contributed by atoms with Crippen molar-refractivity contribution in [2.75, 3.05) is 11.4 Å². The second-order valence-electron chi connectivity index (χ2n) is 7.69. The number of hydrogen-bond donors (Lipinski definition) is 1. The number of amides is 1. The fourth-order valence-electron chi connectivity index (χ4n) is 3.92. The zero-order chi connectivity index (χ0) is 23.2. The van der Waals surface area contributed by atoms with Crippen LogP contribution in [0, 0.1) is 5.82 Å². The molecule has 1 fully saturated rings. The molecule has 1 atom stereocenters. The number of sulfonamides is 1. The Morgan fingerprint density at radius 2 is 1.85 bits per heavy atom. The smallest absolute Gasteiger partial charge is 0.245 e. The Balaban J connectivity index is 1.36. The number of halogens is 2. The fourth-order valence-corrected chi connectivity index (χ4v) is 5.36. The third kappa shape index (κ3) is 4.10. The van der Waals surface area contributed by atoms with E-state index in [1.165, 1.54) is 33.8 Å². The summed E-state index contributed by atoms with van der Waals surface area (Å²) in [5.74, 6) is -1.09. The molecule has 33 heavy (non-hydrogen) atoms. The Morgan fingerprint density at radius 3 is 2.61 bits per heavy atom. The molecule has 1 aromatic heterocycles. The summed E-state index contributed by atoms with van der Waals surface area (Å²) in [6, 6.07) is 15.0. The molecule has 0 spiro atoms. The van der Waals surface area contributed by atoms with Crippen LogP contribution in [0.3, 0.4) is 0 Å². The Kier molecular flexibility index (Phi) is 5.40. The highest BCUT2D eigenvalue weighted by atomic mass is 35.5. The van der Waals surface area contributed by atoms with Gasteiger partial charge in [-0.3, -0.25) is 4.79 Å². The summed E-state index contributed by atoms with van der Waals surface area (Å²) in [4.78, 5) is 14.2. The van der Waals surface area contributed by atoms with Gasteiger partial charge < -0.3 is 4.90 Å². The first-order valence-electron chi connectivity index (χ1n) is 10.1. The molecule has 1 unspecified atom stereocenters. The van der Waals surface area contributed by atoms with Gasteiger partial charge in [-0.1, -0.05) is 23.7 Å². The summed E-state index contributed by atoms with van der Waals surface area (Å²) in [5.41, 5.74) is 0.614. The molecule has 1 saturated heterocycles. The molecule has 1 aliphatic rings. The number of carbonyl (C=O) groups excluding carboxylic acids is 1. The average molecular weight is 485 g/mol. The standard InChI is InChI=1S/C23H18ClFN4O3S/c24-17-4-2-16-13-19(6-3-15(16)12-17)33(31,32)27-21-8-11-28(23(21)30)22-7-5-18(14-20(22)25)29-10-1-9-26-29/h1-7,9-10,12-14,21,27H,8,11H2. The monoisotopic (exact) mass is 484 g/mol. The average Bonchev–Trinajstić information content (AvgIpc) is 3.44. The van der Waals surface area contributed by atoms with Crippen LogP contribution in [0.15, 0.2) is 78.0 Å². The van der Waals surface area contributed by atoms with Crippen molar-refractivity contribution in [2.45, 2.75) is 17.4 Å². The molecule has 168 valence electrons. The van der Waals surface area contributed by atoms with Crippen LogP contribution in [0.2, 0.25) is 5.02 Å². The van der Waals surface area contributed by atoms with Crippen molar-refractivity contribution in [2.24, 2.45) is 0 Å². The van der Waals surface area contributed by atoms with E-state index in [-0.39, 0.29) is 23.5 Å². The van der Waals surface area contributed by atoms with Crippen molar-refractivity contribution in [1.82, 2.24) is 14.5 Å². The highest BCUT2D eigenvalue weighted by Crippen LogP contribution is 2.28. The summed E-state index contributed by atoms with van der Waals surface area (Å²) in [6.45, 7) is 0.195. The van der Waals surface area contributed by atoms with Gasteiger partial charge in [0.05, 0.1) is 16.3 Å². The zero-order valence-corrected chi connectivity index (χ0v) is 18.7. The van der Waals surface area contributed by atoms with Gasteiger partial charge in [0.15, 0.2) is 0 Å². The molecular formula is C23H18ClFN4O3S. The van der Waals surface area contributed by atoms with Crippen LogP contribution in [0.1, 0.15) is 6.42 Å². The number of aromatic nitrogens is 2. The van der Waals surface area contributed by atoms with Crippen LogP contribution >= 0.6 is 11.6 Å². The summed E-state index contributed by atoms with van der Waals surface area (Å²) in [7, 11) is -3.97. The minimum Gasteiger partial charge on any atom is -0.308 e. The first-order valence-corrected chi connectivity index (χ1v) is 12.0. The Morgan fingerprint density at radius 1 is 1.06 bits per heavy atom. The molecule has 2 heterocycles. The van der Waals surface area contributed by atoms with Crippen LogP contribution in [0.5, 0.6) is 0 Å². The van der Waals surface area contributed by atoms with E-state index in [0.717, 1.165) is 5.39 Å². The van der Waals surface area contributed by atoms with Gasteiger partial charge in [0.2, 0.25) is 15.9 Å². The van der Waals surface area contributed by atoms with E-state index in [2.05, 4.69) is 9.82 Å². The molecule has 4 aromatic rings. The minimum absolute atomic E-state index is 0.0401. The molecule has 0 saturated carbocycles. The van der Waals surface area contributed by atoms with E-state index < -0.39 is 27.8 Å². The Labute approximate surface area is 194 Å².